The van der Waals surface area contributed by atoms with Crippen LogP contribution in [-0.4, -0.2) is 50.0 Å². The number of hydrogen-bond donors (Lipinski definition) is 0. The van der Waals surface area contributed by atoms with Crippen molar-refractivity contribution in [3.8, 4) is 0 Å². The molecular formula is C22H28N4O4S. The van der Waals surface area contributed by atoms with Gasteiger partial charge >= 0.3 is 0 Å². The van der Waals surface area contributed by atoms with Crippen LogP contribution < -0.4 is 4.90 Å². The van der Waals surface area contributed by atoms with Crippen molar-refractivity contribution in [2.45, 2.75) is 38.0 Å². The molecule has 0 aliphatic carbocycles. The van der Waals surface area contributed by atoms with Gasteiger partial charge in [-0.15, -0.1) is 0 Å². The molecule has 2 aromatic carbocycles. The number of benzene rings is 2. The van der Waals surface area contributed by atoms with Crippen molar-refractivity contribution in [2.75, 3.05) is 31.1 Å². The Balaban J connectivity index is 1.98. The number of anilines is 1. The topological polar surface area (TPSA) is 96.1 Å². The Hall–Kier alpha value is -2.78. The number of aliphatic imine (C=N–C) groups is 1. The first-order chi connectivity index (χ1) is 14.9. The molecule has 0 spiro atoms. The van der Waals surface area contributed by atoms with Crippen molar-refractivity contribution in [1.82, 2.24) is 4.31 Å². The van der Waals surface area contributed by atoms with Gasteiger partial charge in [0.05, 0.1) is 16.3 Å². The third-order valence-corrected chi connectivity index (χ3v) is 7.51. The Morgan fingerprint density at radius 1 is 1.06 bits per heavy atom. The highest BCUT2D eigenvalue weighted by atomic mass is 32.2. The lowest BCUT2D eigenvalue weighted by molar-refractivity contribution is -0.384. The van der Waals surface area contributed by atoms with Crippen LogP contribution in [-0.2, 0) is 10.0 Å². The highest BCUT2D eigenvalue weighted by Crippen LogP contribution is 2.33. The third-order valence-electron chi connectivity index (χ3n) is 5.43. The SMILES string of the molecule is CCN(CC)S(=O)(=O)c1cc(N=Cc2ccc([N+](=O)[O-])cc2)ccc1N1CCCCC1. The zero-order chi connectivity index (χ0) is 22.4. The Labute approximate surface area is 183 Å². The van der Waals surface area contributed by atoms with Crippen molar-refractivity contribution in [2.24, 2.45) is 4.99 Å². The average Bonchev–Trinajstić information content (AvgIpc) is 2.79. The maximum Gasteiger partial charge on any atom is 0.269 e. The summed E-state index contributed by atoms with van der Waals surface area (Å²) in [6, 6.07) is 11.3. The number of non-ortho nitro benzene ring substituents is 1. The molecule has 9 heteroatoms. The third kappa shape index (κ3) is 5.29. The molecule has 3 rings (SSSR count). The van der Waals surface area contributed by atoms with E-state index in [4.69, 9.17) is 0 Å². The summed E-state index contributed by atoms with van der Waals surface area (Å²) in [5, 5.41) is 10.8. The van der Waals surface area contributed by atoms with Crippen molar-refractivity contribution in [1.29, 1.82) is 0 Å². The second-order valence-corrected chi connectivity index (χ2v) is 9.30. The van der Waals surface area contributed by atoms with Crippen LogP contribution >= 0.6 is 0 Å². The van der Waals surface area contributed by atoms with Gasteiger partial charge in [0.1, 0.15) is 4.90 Å². The molecule has 0 amide bonds. The van der Waals surface area contributed by atoms with E-state index in [2.05, 4.69) is 9.89 Å². The van der Waals surface area contributed by atoms with E-state index < -0.39 is 14.9 Å². The first-order valence-corrected chi connectivity index (χ1v) is 12.0. The Morgan fingerprint density at radius 2 is 1.71 bits per heavy atom. The van der Waals surface area contributed by atoms with E-state index in [-0.39, 0.29) is 10.6 Å². The van der Waals surface area contributed by atoms with Crippen molar-refractivity contribution in [3.63, 3.8) is 0 Å². The Bertz CT molecular complexity index is 1040. The number of nitro groups is 1. The van der Waals surface area contributed by atoms with Crippen LogP contribution in [0.2, 0.25) is 0 Å². The van der Waals surface area contributed by atoms with Crippen molar-refractivity contribution < 1.29 is 13.3 Å². The largest absolute Gasteiger partial charge is 0.370 e. The second kappa shape index (κ2) is 10.0. The fraction of sp³-hybridized carbons (Fsp3) is 0.409. The van der Waals surface area contributed by atoms with Crippen LogP contribution in [0, 0.1) is 10.1 Å². The quantitative estimate of drug-likeness (QED) is 0.342. The van der Waals surface area contributed by atoms with Gasteiger partial charge in [0.25, 0.3) is 5.69 Å². The summed E-state index contributed by atoms with van der Waals surface area (Å²) in [5.41, 5.74) is 1.94. The summed E-state index contributed by atoms with van der Waals surface area (Å²) in [6.45, 7) is 6.14. The highest BCUT2D eigenvalue weighted by molar-refractivity contribution is 7.89. The molecule has 1 heterocycles. The zero-order valence-corrected chi connectivity index (χ0v) is 18.7. The van der Waals surface area contributed by atoms with Gasteiger partial charge in [0, 0.05) is 44.5 Å². The molecule has 1 fully saturated rings. The van der Waals surface area contributed by atoms with Gasteiger partial charge in [-0.1, -0.05) is 13.8 Å². The maximum atomic E-state index is 13.4. The molecule has 0 aromatic heterocycles. The van der Waals surface area contributed by atoms with E-state index in [1.54, 1.807) is 24.4 Å². The van der Waals surface area contributed by atoms with E-state index in [0.29, 0.717) is 24.3 Å². The molecule has 166 valence electrons. The van der Waals surface area contributed by atoms with Gasteiger partial charge in [-0.25, -0.2) is 8.42 Å². The van der Waals surface area contributed by atoms with E-state index in [9.17, 15) is 18.5 Å². The number of piperidine rings is 1. The normalized spacial score (nSPS) is 15.0. The first kappa shape index (κ1) is 22.9. The summed E-state index contributed by atoms with van der Waals surface area (Å²) in [5.74, 6) is 0. The van der Waals surface area contributed by atoms with Crippen LogP contribution in [0.1, 0.15) is 38.7 Å². The molecule has 0 bridgehead atoms. The standard InChI is InChI=1S/C22H28N4O4S/c1-3-25(4-2)31(29,30)22-16-19(10-13-21(22)24-14-6-5-7-15-24)23-17-18-8-11-20(12-9-18)26(27)28/h8-13,16-17H,3-7,14-15H2,1-2H3. The minimum atomic E-state index is -3.66. The molecule has 0 radical (unpaired) electrons. The van der Waals surface area contributed by atoms with E-state index in [1.807, 2.05) is 26.0 Å². The Morgan fingerprint density at radius 3 is 2.29 bits per heavy atom. The summed E-state index contributed by atoms with van der Waals surface area (Å²) in [4.78, 5) is 17.2. The van der Waals surface area contributed by atoms with E-state index in [0.717, 1.165) is 38.0 Å². The monoisotopic (exact) mass is 444 g/mol. The summed E-state index contributed by atoms with van der Waals surface area (Å²) in [7, 11) is -3.66. The second-order valence-electron chi connectivity index (χ2n) is 7.40. The zero-order valence-electron chi connectivity index (χ0n) is 17.9. The minimum absolute atomic E-state index is 0.00985. The van der Waals surface area contributed by atoms with E-state index >= 15 is 0 Å². The van der Waals surface area contributed by atoms with Crippen molar-refractivity contribution in [3.05, 3.63) is 58.1 Å². The van der Waals surface area contributed by atoms with Crippen LogP contribution in [0.5, 0.6) is 0 Å². The van der Waals surface area contributed by atoms with Gasteiger partial charge in [-0.05, 0) is 55.2 Å². The lowest BCUT2D eigenvalue weighted by atomic mass is 10.1. The Kier molecular flexibility index (Phi) is 7.40. The smallest absolute Gasteiger partial charge is 0.269 e. The number of sulfonamides is 1. The molecule has 31 heavy (non-hydrogen) atoms. The van der Waals surface area contributed by atoms with E-state index in [1.165, 1.54) is 16.4 Å². The number of rotatable bonds is 8. The van der Waals surface area contributed by atoms with Gasteiger partial charge < -0.3 is 4.90 Å². The molecule has 1 aliphatic rings. The van der Waals surface area contributed by atoms with Crippen molar-refractivity contribution >= 4 is 33.3 Å². The van der Waals surface area contributed by atoms with Gasteiger partial charge in [0.2, 0.25) is 10.0 Å². The molecule has 1 saturated heterocycles. The summed E-state index contributed by atoms with van der Waals surface area (Å²) < 4.78 is 28.2. The fourth-order valence-electron chi connectivity index (χ4n) is 3.72. The lowest BCUT2D eigenvalue weighted by Crippen LogP contribution is -2.34. The lowest BCUT2D eigenvalue weighted by Gasteiger charge is -2.31. The predicted molar refractivity (Wildman–Crippen MR) is 123 cm³/mol. The predicted octanol–water partition coefficient (Wildman–Crippen LogP) is 4.37. The molecule has 0 N–H and O–H groups in total. The molecule has 0 atom stereocenters. The highest BCUT2D eigenvalue weighted by Gasteiger charge is 2.28. The van der Waals surface area contributed by atoms with Gasteiger partial charge in [-0.3, -0.25) is 15.1 Å². The molecular weight excluding hydrogens is 416 g/mol. The number of nitro benzene ring substituents is 1. The molecule has 1 aliphatic heterocycles. The van der Waals surface area contributed by atoms with Gasteiger partial charge in [0.15, 0.2) is 0 Å². The number of hydrogen-bond acceptors (Lipinski definition) is 6. The number of nitrogens with zero attached hydrogens (tertiary/aromatic N) is 4. The van der Waals surface area contributed by atoms with Crippen LogP contribution in [0.3, 0.4) is 0 Å². The minimum Gasteiger partial charge on any atom is -0.370 e. The van der Waals surface area contributed by atoms with Crippen LogP contribution in [0.4, 0.5) is 17.1 Å². The average molecular weight is 445 g/mol. The molecule has 8 nitrogen and oxygen atoms in total. The molecule has 0 saturated carbocycles. The first-order valence-electron chi connectivity index (χ1n) is 10.5. The van der Waals surface area contributed by atoms with Gasteiger partial charge in [-0.2, -0.15) is 4.31 Å². The maximum absolute atomic E-state index is 13.4. The van der Waals surface area contributed by atoms with Crippen LogP contribution in [0.25, 0.3) is 0 Å². The molecule has 0 unspecified atom stereocenters. The summed E-state index contributed by atoms with van der Waals surface area (Å²) in [6.07, 6.45) is 4.83. The summed E-state index contributed by atoms with van der Waals surface area (Å²) >= 11 is 0. The molecule has 2 aromatic rings. The van der Waals surface area contributed by atoms with Crippen LogP contribution in [0.15, 0.2) is 52.4 Å². The fourth-order valence-corrected chi connectivity index (χ4v) is 5.41.